The molecule has 2 amide bonds. The number of methoxy groups -OCH3 is 1. The lowest BCUT2D eigenvalue weighted by atomic mass is 9.96. The van der Waals surface area contributed by atoms with Crippen molar-refractivity contribution in [2.45, 2.75) is 19.4 Å². The summed E-state index contributed by atoms with van der Waals surface area (Å²) in [6, 6.07) is 17.3. The van der Waals surface area contributed by atoms with Gasteiger partial charge in [-0.2, -0.15) is 0 Å². The van der Waals surface area contributed by atoms with E-state index >= 15 is 0 Å². The lowest BCUT2D eigenvalue weighted by Crippen LogP contribution is -2.46. The number of carbonyl (C=O) groups is 2. The number of thiazole rings is 1. The van der Waals surface area contributed by atoms with Crippen molar-refractivity contribution < 1.29 is 18.7 Å². The normalized spacial score (nSPS) is 15.9. The van der Waals surface area contributed by atoms with Gasteiger partial charge in [0.15, 0.2) is 5.13 Å². The number of rotatable bonds is 6. The highest BCUT2D eigenvalue weighted by Gasteiger charge is 2.33. The molecule has 174 valence electrons. The molecule has 1 saturated heterocycles. The van der Waals surface area contributed by atoms with Gasteiger partial charge >= 0.3 is 0 Å². The molecular formula is C26H25N3O4S. The lowest BCUT2D eigenvalue weighted by Gasteiger charge is -2.34. The van der Waals surface area contributed by atoms with Gasteiger partial charge in [-0.15, -0.1) is 0 Å². The molecule has 0 N–H and O–H groups in total. The van der Waals surface area contributed by atoms with Crippen LogP contribution in [0.3, 0.4) is 0 Å². The summed E-state index contributed by atoms with van der Waals surface area (Å²) in [5.74, 6) is 0.340. The van der Waals surface area contributed by atoms with Crippen LogP contribution in [0.5, 0.6) is 5.75 Å². The molecular weight excluding hydrogens is 450 g/mol. The number of hydrogen-bond acceptors (Lipinski definition) is 6. The van der Waals surface area contributed by atoms with Gasteiger partial charge in [0.1, 0.15) is 12.0 Å². The van der Waals surface area contributed by atoms with Gasteiger partial charge in [0.25, 0.3) is 5.91 Å². The smallest absolute Gasteiger partial charge is 0.257 e. The van der Waals surface area contributed by atoms with Gasteiger partial charge in [0.05, 0.1) is 41.6 Å². The van der Waals surface area contributed by atoms with Crippen LogP contribution < -0.4 is 9.64 Å². The maximum atomic E-state index is 13.9. The van der Waals surface area contributed by atoms with Crippen molar-refractivity contribution in [3.63, 3.8) is 0 Å². The van der Waals surface area contributed by atoms with E-state index in [4.69, 9.17) is 14.1 Å². The van der Waals surface area contributed by atoms with E-state index in [9.17, 15) is 9.59 Å². The fourth-order valence-electron chi connectivity index (χ4n) is 4.29. The quantitative estimate of drug-likeness (QED) is 0.393. The fraction of sp³-hybridized carbons (Fsp3) is 0.269. The van der Waals surface area contributed by atoms with Crippen LogP contribution in [0.4, 0.5) is 5.13 Å². The number of ether oxygens (including phenoxy) is 1. The second kappa shape index (κ2) is 9.69. The zero-order chi connectivity index (χ0) is 23.5. The highest BCUT2D eigenvalue weighted by atomic mass is 32.1. The van der Waals surface area contributed by atoms with Crippen molar-refractivity contribution in [3.8, 4) is 5.75 Å². The largest absolute Gasteiger partial charge is 0.497 e. The molecule has 8 heteroatoms. The van der Waals surface area contributed by atoms with Crippen LogP contribution in [0.2, 0.25) is 0 Å². The molecule has 1 unspecified atom stereocenters. The summed E-state index contributed by atoms with van der Waals surface area (Å²) >= 11 is 1.47. The van der Waals surface area contributed by atoms with Crippen molar-refractivity contribution in [2.24, 2.45) is 5.92 Å². The number of amides is 2. The van der Waals surface area contributed by atoms with Crippen LogP contribution in [0.15, 0.2) is 71.5 Å². The summed E-state index contributed by atoms with van der Waals surface area (Å²) in [4.78, 5) is 35.0. The highest BCUT2D eigenvalue weighted by Crippen LogP contribution is 2.34. The zero-order valence-electron chi connectivity index (χ0n) is 18.8. The Bertz CT molecular complexity index is 1290. The molecule has 2 aromatic carbocycles. The molecule has 1 aliphatic rings. The Morgan fingerprint density at radius 2 is 2.06 bits per heavy atom. The van der Waals surface area contributed by atoms with Gasteiger partial charge in [-0.3, -0.25) is 14.5 Å². The molecule has 0 saturated carbocycles. The van der Waals surface area contributed by atoms with Crippen molar-refractivity contribution in [3.05, 3.63) is 78.3 Å². The molecule has 0 spiro atoms. The zero-order valence-corrected chi connectivity index (χ0v) is 19.7. The molecule has 0 bridgehead atoms. The Morgan fingerprint density at radius 3 is 2.82 bits per heavy atom. The third-order valence-electron chi connectivity index (χ3n) is 6.09. The SMILES string of the molecule is COc1ccc2nc(N(Cc3ccccc3)C(=O)C3CCCN(C(=O)c4ccoc4)C3)sc2c1. The third-order valence-corrected chi connectivity index (χ3v) is 7.13. The van der Waals surface area contributed by atoms with E-state index in [0.29, 0.717) is 30.3 Å². The van der Waals surface area contributed by atoms with E-state index in [0.717, 1.165) is 34.4 Å². The molecule has 5 rings (SSSR count). The monoisotopic (exact) mass is 475 g/mol. The Morgan fingerprint density at radius 1 is 1.21 bits per heavy atom. The third kappa shape index (κ3) is 4.54. The maximum absolute atomic E-state index is 13.9. The molecule has 4 aromatic rings. The summed E-state index contributed by atoms with van der Waals surface area (Å²) in [6.45, 7) is 1.43. The second-order valence-electron chi connectivity index (χ2n) is 8.34. The number of piperidine rings is 1. The molecule has 0 radical (unpaired) electrons. The van der Waals surface area contributed by atoms with Crippen molar-refractivity contribution in [1.29, 1.82) is 0 Å². The minimum atomic E-state index is -0.296. The minimum Gasteiger partial charge on any atom is -0.497 e. The van der Waals surface area contributed by atoms with E-state index in [-0.39, 0.29) is 17.7 Å². The van der Waals surface area contributed by atoms with Gasteiger partial charge in [0, 0.05) is 13.1 Å². The Labute approximate surface area is 201 Å². The minimum absolute atomic E-state index is 0.0143. The molecule has 1 aliphatic heterocycles. The molecule has 1 fully saturated rings. The first-order valence-corrected chi connectivity index (χ1v) is 12.1. The van der Waals surface area contributed by atoms with Crippen molar-refractivity contribution in [1.82, 2.24) is 9.88 Å². The van der Waals surface area contributed by atoms with Gasteiger partial charge in [-0.25, -0.2) is 4.98 Å². The number of hydrogen-bond donors (Lipinski definition) is 0. The average molecular weight is 476 g/mol. The maximum Gasteiger partial charge on any atom is 0.257 e. The number of furan rings is 1. The van der Waals surface area contributed by atoms with Crippen LogP contribution in [0.25, 0.3) is 10.2 Å². The number of carbonyl (C=O) groups excluding carboxylic acids is 2. The number of fused-ring (bicyclic) bond motifs is 1. The number of aromatic nitrogens is 1. The number of anilines is 1. The van der Waals surface area contributed by atoms with Crippen LogP contribution in [-0.4, -0.2) is 41.9 Å². The average Bonchev–Trinajstić information content (AvgIpc) is 3.57. The summed E-state index contributed by atoms with van der Waals surface area (Å²) in [7, 11) is 1.63. The highest BCUT2D eigenvalue weighted by molar-refractivity contribution is 7.22. The molecule has 3 heterocycles. The molecule has 7 nitrogen and oxygen atoms in total. The number of likely N-dealkylation sites (tertiary alicyclic amines) is 1. The molecule has 2 aromatic heterocycles. The summed E-state index contributed by atoms with van der Waals surface area (Å²) in [5.41, 5.74) is 2.36. The Balaban J connectivity index is 1.43. The first-order chi connectivity index (χ1) is 16.6. The predicted molar refractivity (Wildman–Crippen MR) is 131 cm³/mol. The van der Waals surface area contributed by atoms with E-state index in [1.165, 1.54) is 23.9 Å². The van der Waals surface area contributed by atoms with Gasteiger partial charge in [-0.05, 0) is 42.7 Å². The van der Waals surface area contributed by atoms with E-state index in [2.05, 4.69) is 0 Å². The van der Waals surface area contributed by atoms with Crippen LogP contribution in [0.1, 0.15) is 28.8 Å². The number of benzene rings is 2. The van der Waals surface area contributed by atoms with E-state index in [1.807, 2.05) is 48.5 Å². The van der Waals surface area contributed by atoms with Crippen molar-refractivity contribution >= 4 is 38.5 Å². The van der Waals surface area contributed by atoms with Crippen LogP contribution >= 0.6 is 11.3 Å². The first-order valence-electron chi connectivity index (χ1n) is 11.2. The summed E-state index contributed by atoms with van der Waals surface area (Å²) in [5, 5.41) is 0.649. The predicted octanol–water partition coefficient (Wildman–Crippen LogP) is 4.98. The Hall–Kier alpha value is -3.65. The first kappa shape index (κ1) is 22.2. The number of nitrogens with zero attached hydrogens (tertiary/aromatic N) is 3. The van der Waals surface area contributed by atoms with Crippen LogP contribution in [0, 0.1) is 5.92 Å². The van der Waals surface area contributed by atoms with Crippen molar-refractivity contribution in [2.75, 3.05) is 25.1 Å². The topological polar surface area (TPSA) is 75.9 Å². The standard InChI is InChI=1S/C26H25N3O4S/c1-32-21-9-10-22-23(14-21)34-26(27-22)29(15-18-6-3-2-4-7-18)25(31)19-8-5-12-28(16-19)24(30)20-11-13-33-17-20/h2-4,6-7,9-11,13-14,17,19H,5,8,12,15-16H2,1H3. The van der Waals surface area contributed by atoms with E-state index < -0.39 is 0 Å². The summed E-state index contributed by atoms with van der Waals surface area (Å²) in [6.07, 6.45) is 4.45. The second-order valence-corrected chi connectivity index (χ2v) is 9.35. The summed E-state index contributed by atoms with van der Waals surface area (Å²) < 4.78 is 11.4. The fourth-order valence-corrected chi connectivity index (χ4v) is 5.29. The molecule has 34 heavy (non-hydrogen) atoms. The van der Waals surface area contributed by atoms with Gasteiger partial charge < -0.3 is 14.1 Å². The van der Waals surface area contributed by atoms with Gasteiger partial charge in [0.2, 0.25) is 5.91 Å². The van der Waals surface area contributed by atoms with Gasteiger partial charge in [-0.1, -0.05) is 41.7 Å². The molecule has 1 atom stereocenters. The van der Waals surface area contributed by atoms with Crippen LogP contribution in [-0.2, 0) is 11.3 Å². The molecule has 0 aliphatic carbocycles. The Kier molecular flexibility index (Phi) is 6.31. The van der Waals surface area contributed by atoms with E-state index in [1.54, 1.807) is 23.0 Å². The lowest BCUT2D eigenvalue weighted by molar-refractivity contribution is -0.123.